The van der Waals surface area contributed by atoms with Crippen molar-refractivity contribution in [2.75, 3.05) is 0 Å². The van der Waals surface area contributed by atoms with Crippen molar-refractivity contribution in [3.05, 3.63) is 46.2 Å². The van der Waals surface area contributed by atoms with Crippen molar-refractivity contribution in [3.8, 4) is 0 Å². The highest BCUT2D eigenvalue weighted by molar-refractivity contribution is 7.09. The number of thiazole rings is 1. The molecule has 0 radical (unpaired) electrons. The summed E-state index contributed by atoms with van der Waals surface area (Å²) in [5.41, 5.74) is 5.14. The Balaban J connectivity index is 1.93. The summed E-state index contributed by atoms with van der Waals surface area (Å²) in [6.45, 7) is 3.74. The normalized spacial score (nSPS) is 11.4. The van der Waals surface area contributed by atoms with Crippen molar-refractivity contribution in [2.24, 2.45) is 5.10 Å². The minimum Gasteiger partial charge on any atom is -0.273 e. The molecule has 5 nitrogen and oxygen atoms in total. The van der Waals surface area contributed by atoms with Gasteiger partial charge in [-0.05, 0) is 26.0 Å². The number of pyridine rings is 1. The lowest BCUT2D eigenvalue weighted by atomic mass is 10.2. The van der Waals surface area contributed by atoms with Gasteiger partial charge in [0.25, 0.3) is 0 Å². The van der Waals surface area contributed by atoms with Gasteiger partial charge in [-0.1, -0.05) is 0 Å². The van der Waals surface area contributed by atoms with Crippen LogP contribution in [-0.2, 0) is 11.2 Å². The fourth-order valence-corrected chi connectivity index (χ4v) is 2.24. The van der Waals surface area contributed by atoms with Gasteiger partial charge in [0.1, 0.15) is 5.01 Å². The van der Waals surface area contributed by atoms with Crippen LogP contribution in [0.2, 0.25) is 0 Å². The second kappa shape index (κ2) is 6.19. The van der Waals surface area contributed by atoms with E-state index in [2.05, 4.69) is 20.5 Å². The number of nitrogens with one attached hydrogen (secondary N) is 1. The van der Waals surface area contributed by atoms with E-state index in [1.807, 2.05) is 31.4 Å². The van der Waals surface area contributed by atoms with Gasteiger partial charge in [0, 0.05) is 29.0 Å². The molecule has 1 amide bonds. The third-order valence-electron chi connectivity index (χ3n) is 2.42. The maximum atomic E-state index is 11.7. The van der Waals surface area contributed by atoms with Crippen LogP contribution >= 0.6 is 11.3 Å². The van der Waals surface area contributed by atoms with Gasteiger partial charge in [-0.3, -0.25) is 9.78 Å². The first-order valence-corrected chi connectivity index (χ1v) is 6.67. The summed E-state index contributed by atoms with van der Waals surface area (Å²) in [5.74, 6) is -0.164. The number of nitrogens with zero attached hydrogens (tertiary/aromatic N) is 3. The molecule has 1 N–H and O–H groups in total. The predicted molar refractivity (Wildman–Crippen MR) is 75.1 cm³/mol. The Bertz CT molecular complexity index is 592. The lowest BCUT2D eigenvalue weighted by Gasteiger charge is -2.01. The Morgan fingerprint density at radius 1 is 1.42 bits per heavy atom. The van der Waals surface area contributed by atoms with E-state index in [-0.39, 0.29) is 12.3 Å². The summed E-state index contributed by atoms with van der Waals surface area (Å²) in [4.78, 5) is 19.9. The zero-order chi connectivity index (χ0) is 13.7. The molecule has 0 atom stereocenters. The molecule has 2 heterocycles. The molecule has 6 heteroatoms. The number of aromatic nitrogens is 2. The highest BCUT2D eigenvalue weighted by Crippen LogP contribution is 2.09. The van der Waals surface area contributed by atoms with Crippen molar-refractivity contribution in [2.45, 2.75) is 20.3 Å². The van der Waals surface area contributed by atoms with Gasteiger partial charge in [-0.2, -0.15) is 5.10 Å². The van der Waals surface area contributed by atoms with Gasteiger partial charge in [0.2, 0.25) is 5.91 Å². The number of hydrogen-bond donors (Lipinski definition) is 1. The standard InChI is InChI=1S/C13H14N4OS/c1-9-8-19-13(15-9)7-12(18)17-16-10(2)11-3-5-14-6-4-11/h3-6,8H,7H2,1-2H3,(H,17,18)/b16-10-. The first-order valence-electron chi connectivity index (χ1n) is 5.79. The van der Waals surface area contributed by atoms with Gasteiger partial charge in [0.15, 0.2) is 0 Å². The Morgan fingerprint density at radius 2 is 2.16 bits per heavy atom. The van der Waals surface area contributed by atoms with E-state index in [1.165, 1.54) is 11.3 Å². The van der Waals surface area contributed by atoms with Crippen LogP contribution in [0.4, 0.5) is 0 Å². The van der Waals surface area contributed by atoms with E-state index in [0.717, 1.165) is 22.0 Å². The predicted octanol–water partition coefficient (Wildman–Crippen LogP) is 1.93. The highest BCUT2D eigenvalue weighted by Gasteiger charge is 2.06. The molecule has 19 heavy (non-hydrogen) atoms. The van der Waals surface area contributed by atoms with Crippen LogP contribution in [-0.4, -0.2) is 21.6 Å². The third-order valence-corrected chi connectivity index (χ3v) is 3.39. The monoisotopic (exact) mass is 274 g/mol. The second-order valence-corrected chi connectivity index (χ2v) is 4.97. The summed E-state index contributed by atoms with van der Waals surface area (Å²) in [7, 11) is 0. The second-order valence-electron chi connectivity index (χ2n) is 4.03. The quantitative estimate of drug-likeness (QED) is 0.684. The number of rotatable bonds is 4. The fraction of sp³-hybridized carbons (Fsp3) is 0.231. The maximum Gasteiger partial charge on any atom is 0.246 e. The first-order chi connectivity index (χ1) is 9.15. The van der Waals surface area contributed by atoms with E-state index >= 15 is 0 Å². The van der Waals surface area contributed by atoms with E-state index in [4.69, 9.17) is 0 Å². The van der Waals surface area contributed by atoms with Gasteiger partial charge in [0.05, 0.1) is 12.1 Å². The number of hydrazone groups is 1. The van der Waals surface area contributed by atoms with Crippen molar-refractivity contribution >= 4 is 23.0 Å². The van der Waals surface area contributed by atoms with E-state index in [1.54, 1.807) is 12.4 Å². The Morgan fingerprint density at radius 3 is 2.79 bits per heavy atom. The highest BCUT2D eigenvalue weighted by atomic mass is 32.1. The van der Waals surface area contributed by atoms with Crippen LogP contribution < -0.4 is 5.43 Å². The van der Waals surface area contributed by atoms with Crippen LogP contribution in [0.25, 0.3) is 0 Å². The van der Waals surface area contributed by atoms with Gasteiger partial charge in [-0.25, -0.2) is 10.4 Å². The third kappa shape index (κ3) is 3.96. The minimum atomic E-state index is -0.164. The fourth-order valence-electron chi connectivity index (χ4n) is 1.46. The van der Waals surface area contributed by atoms with Crippen molar-refractivity contribution in [1.82, 2.24) is 15.4 Å². The van der Waals surface area contributed by atoms with E-state index < -0.39 is 0 Å². The number of aryl methyl sites for hydroxylation is 1. The lowest BCUT2D eigenvalue weighted by molar-refractivity contribution is -0.120. The van der Waals surface area contributed by atoms with Crippen molar-refractivity contribution < 1.29 is 4.79 Å². The summed E-state index contributed by atoms with van der Waals surface area (Å²) >= 11 is 1.48. The van der Waals surface area contributed by atoms with E-state index in [9.17, 15) is 4.79 Å². The summed E-state index contributed by atoms with van der Waals surface area (Å²) in [6.07, 6.45) is 3.63. The maximum absolute atomic E-state index is 11.7. The lowest BCUT2D eigenvalue weighted by Crippen LogP contribution is -2.21. The topological polar surface area (TPSA) is 67.2 Å². The molecule has 0 aliphatic rings. The minimum absolute atomic E-state index is 0.164. The molecule has 98 valence electrons. The average Bonchev–Trinajstić information content (AvgIpc) is 2.82. The molecular formula is C13H14N4OS. The molecule has 0 unspecified atom stereocenters. The molecule has 2 aromatic rings. The van der Waals surface area contributed by atoms with E-state index in [0.29, 0.717) is 0 Å². The molecule has 0 spiro atoms. The smallest absolute Gasteiger partial charge is 0.246 e. The molecule has 0 aliphatic carbocycles. The van der Waals surface area contributed by atoms with Crippen LogP contribution in [0.15, 0.2) is 35.0 Å². The molecule has 2 rings (SSSR count). The molecule has 0 aromatic carbocycles. The molecule has 0 bridgehead atoms. The number of amides is 1. The average molecular weight is 274 g/mol. The zero-order valence-corrected chi connectivity index (χ0v) is 11.6. The largest absolute Gasteiger partial charge is 0.273 e. The van der Waals surface area contributed by atoms with Crippen LogP contribution in [0.3, 0.4) is 0 Å². The Hall–Kier alpha value is -2.08. The number of carbonyl (C=O) groups excluding carboxylic acids is 1. The first kappa shape index (κ1) is 13.4. The summed E-state index contributed by atoms with van der Waals surface area (Å²) in [6, 6.07) is 3.68. The van der Waals surface area contributed by atoms with Crippen molar-refractivity contribution in [1.29, 1.82) is 0 Å². The SMILES string of the molecule is C/C(=N/NC(=O)Cc1nc(C)cs1)c1ccncc1. The zero-order valence-electron chi connectivity index (χ0n) is 10.8. The van der Waals surface area contributed by atoms with Crippen molar-refractivity contribution in [3.63, 3.8) is 0 Å². The van der Waals surface area contributed by atoms with Gasteiger partial charge in [-0.15, -0.1) is 11.3 Å². The molecule has 0 saturated heterocycles. The van der Waals surface area contributed by atoms with Crippen LogP contribution in [0, 0.1) is 6.92 Å². The molecule has 0 aliphatic heterocycles. The van der Waals surface area contributed by atoms with Gasteiger partial charge < -0.3 is 0 Å². The molecule has 0 saturated carbocycles. The van der Waals surface area contributed by atoms with Crippen LogP contribution in [0.1, 0.15) is 23.2 Å². The molecular weight excluding hydrogens is 260 g/mol. The molecule has 0 fully saturated rings. The van der Waals surface area contributed by atoms with Crippen LogP contribution in [0.5, 0.6) is 0 Å². The Kier molecular flexibility index (Phi) is 4.35. The Labute approximate surface area is 115 Å². The molecule has 2 aromatic heterocycles. The summed E-state index contributed by atoms with van der Waals surface area (Å²) in [5, 5.41) is 6.79. The number of hydrogen-bond acceptors (Lipinski definition) is 5. The van der Waals surface area contributed by atoms with Gasteiger partial charge >= 0.3 is 0 Å². The number of carbonyl (C=O) groups is 1. The summed E-state index contributed by atoms with van der Waals surface area (Å²) < 4.78 is 0.